The van der Waals surface area contributed by atoms with E-state index in [9.17, 15) is 4.79 Å². The molecule has 1 amide bonds. The molecule has 1 saturated heterocycles. The molecule has 0 N–H and O–H groups in total. The van der Waals surface area contributed by atoms with Crippen molar-refractivity contribution in [1.29, 1.82) is 0 Å². The fourth-order valence-electron chi connectivity index (χ4n) is 4.41. The van der Waals surface area contributed by atoms with E-state index in [4.69, 9.17) is 9.73 Å². The number of unbranched alkanes of at least 4 members (excludes halogenated alkanes) is 1. The number of carbonyl (C=O) groups excluding carboxylic acids is 1. The average molecular weight is 507 g/mol. The summed E-state index contributed by atoms with van der Waals surface area (Å²) in [5.74, 6) is 0.839. The number of amides is 1. The first kappa shape index (κ1) is 24.8. The van der Waals surface area contributed by atoms with Gasteiger partial charge in [0.1, 0.15) is 5.75 Å². The highest BCUT2D eigenvalue weighted by atomic mass is 32.2. The van der Waals surface area contributed by atoms with Crippen LogP contribution in [0.5, 0.6) is 5.75 Å². The Morgan fingerprint density at radius 2 is 1.57 bits per heavy atom. The number of aliphatic imine (C=N–C) groups is 1. The number of para-hydroxylation sites is 1. The molecule has 4 aromatic carbocycles. The summed E-state index contributed by atoms with van der Waals surface area (Å²) in [6, 6.07) is 32.0. The van der Waals surface area contributed by atoms with Crippen LogP contribution in [0.15, 0.2) is 107 Å². The lowest BCUT2D eigenvalue weighted by atomic mass is 10.0. The Bertz CT molecular complexity index is 1450. The Hall–Kier alpha value is -3.83. The maximum Gasteiger partial charge on any atom is 0.267 e. The maximum atomic E-state index is 13.8. The van der Waals surface area contributed by atoms with Crippen LogP contribution in [0.3, 0.4) is 0 Å². The minimum Gasteiger partial charge on any atom is -0.493 e. The number of fused-ring (bicyclic) bond motifs is 1. The van der Waals surface area contributed by atoms with Crippen molar-refractivity contribution in [3.8, 4) is 5.75 Å². The highest BCUT2D eigenvalue weighted by Crippen LogP contribution is 2.40. The minimum absolute atomic E-state index is 0.0385. The van der Waals surface area contributed by atoms with Crippen LogP contribution in [0.4, 0.5) is 5.69 Å². The highest BCUT2D eigenvalue weighted by Gasteiger charge is 2.37. The molecule has 37 heavy (non-hydrogen) atoms. The highest BCUT2D eigenvalue weighted by molar-refractivity contribution is 8.18. The molecule has 1 aliphatic rings. The largest absolute Gasteiger partial charge is 0.493 e. The van der Waals surface area contributed by atoms with E-state index in [0.717, 1.165) is 46.2 Å². The number of carbonyl (C=O) groups is 1. The zero-order chi connectivity index (χ0) is 25.6. The third kappa shape index (κ3) is 5.47. The van der Waals surface area contributed by atoms with Gasteiger partial charge in [-0.3, -0.25) is 9.69 Å². The summed E-state index contributed by atoms with van der Waals surface area (Å²) in [4.78, 5) is 21.2. The van der Waals surface area contributed by atoms with Gasteiger partial charge in [-0.05, 0) is 65.9 Å². The Kier molecular flexibility index (Phi) is 7.71. The second-order valence-corrected chi connectivity index (χ2v) is 10.0. The number of amidine groups is 1. The summed E-state index contributed by atoms with van der Waals surface area (Å²) >= 11 is 1.43. The monoisotopic (exact) mass is 506 g/mol. The molecule has 4 aromatic rings. The predicted octanol–water partition coefficient (Wildman–Crippen LogP) is 8.38. The van der Waals surface area contributed by atoms with Gasteiger partial charge in [0.05, 0.1) is 23.2 Å². The van der Waals surface area contributed by atoms with Crippen LogP contribution >= 0.6 is 11.8 Å². The number of hydrogen-bond donors (Lipinski definition) is 0. The maximum absolute atomic E-state index is 13.8. The van der Waals surface area contributed by atoms with Crippen LogP contribution in [0, 0.1) is 0 Å². The SMILES string of the molecule is CCCCOc1ccc(/C=C2/SC(=Nc3ccccc3)N([C@@H](C)c3ccccc3)C2=O)c2ccccc12. The lowest BCUT2D eigenvalue weighted by Crippen LogP contribution is -2.32. The van der Waals surface area contributed by atoms with Crippen molar-refractivity contribution < 1.29 is 9.53 Å². The lowest BCUT2D eigenvalue weighted by Gasteiger charge is -2.24. The van der Waals surface area contributed by atoms with E-state index in [0.29, 0.717) is 16.7 Å². The molecular formula is C32H30N2O2S. The number of benzene rings is 4. The topological polar surface area (TPSA) is 41.9 Å². The Labute approximate surface area is 222 Å². The summed E-state index contributed by atoms with van der Waals surface area (Å²) in [5, 5.41) is 2.80. The molecule has 0 aliphatic carbocycles. The van der Waals surface area contributed by atoms with Gasteiger partial charge in [0.15, 0.2) is 5.17 Å². The van der Waals surface area contributed by atoms with Gasteiger partial charge in [0.25, 0.3) is 5.91 Å². The molecule has 0 aromatic heterocycles. The molecule has 186 valence electrons. The summed E-state index contributed by atoms with van der Waals surface area (Å²) < 4.78 is 6.07. The molecule has 5 heteroatoms. The first-order valence-corrected chi connectivity index (χ1v) is 13.5. The zero-order valence-electron chi connectivity index (χ0n) is 21.1. The van der Waals surface area contributed by atoms with Crippen molar-refractivity contribution >= 4 is 45.4 Å². The second-order valence-electron chi connectivity index (χ2n) is 9.00. The van der Waals surface area contributed by atoms with Gasteiger partial charge in [0.2, 0.25) is 0 Å². The number of ether oxygens (including phenoxy) is 1. The van der Waals surface area contributed by atoms with Crippen molar-refractivity contribution in [3.05, 3.63) is 113 Å². The number of nitrogens with zero attached hydrogens (tertiary/aromatic N) is 2. The third-order valence-electron chi connectivity index (χ3n) is 6.45. The number of rotatable bonds is 8. The van der Waals surface area contributed by atoms with Crippen LogP contribution in [-0.2, 0) is 4.79 Å². The van der Waals surface area contributed by atoms with Crippen LogP contribution in [0.2, 0.25) is 0 Å². The molecule has 0 bridgehead atoms. The van der Waals surface area contributed by atoms with Crippen LogP contribution in [0.25, 0.3) is 16.8 Å². The van der Waals surface area contributed by atoms with Gasteiger partial charge >= 0.3 is 0 Å². The molecule has 1 fully saturated rings. The third-order valence-corrected chi connectivity index (χ3v) is 7.43. The molecule has 1 aliphatic heterocycles. The molecule has 4 nitrogen and oxygen atoms in total. The Morgan fingerprint density at radius 1 is 0.892 bits per heavy atom. The fourth-order valence-corrected chi connectivity index (χ4v) is 5.47. The van der Waals surface area contributed by atoms with Gasteiger partial charge in [-0.25, -0.2) is 4.99 Å². The Morgan fingerprint density at radius 3 is 2.30 bits per heavy atom. The molecule has 1 atom stereocenters. The number of thioether (sulfide) groups is 1. The first-order valence-electron chi connectivity index (χ1n) is 12.7. The van der Waals surface area contributed by atoms with E-state index < -0.39 is 0 Å². The lowest BCUT2D eigenvalue weighted by molar-refractivity contribution is -0.123. The average Bonchev–Trinajstić information content (AvgIpc) is 3.24. The predicted molar refractivity (Wildman–Crippen MR) is 155 cm³/mol. The van der Waals surface area contributed by atoms with Crippen molar-refractivity contribution in [2.45, 2.75) is 32.7 Å². The van der Waals surface area contributed by atoms with Crippen LogP contribution < -0.4 is 4.74 Å². The van der Waals surface area contributed by atoms with E-state index in [1.807, 2.05) is 83.8 Å². The van der Waals surface area contributed by atoms with Crippen molar-refractivity contribution in [2.75, 3.05) is 6.61 Å². The van der Waals surface area contributed by atoms with Gasteiger partial charge in [0, 0.05) is 5.39 Å². The summed E-state index contributed by atoms with van der Waals surface area (Å²) in [7, 11) is 0. The van der Waals surface area contributed by atoms with Crippen LogP contribution in [-0.4, -0.2) is 22.6 Å². The summed E-state index contributed by atoms with van der Waals surface area (Å²) in [6.45, 7) is 4.90. The molecule has 5 rings (SSSR count). The second kappa shape index (κ2) is 11.5. The smallest absolute Gasteiger partial charge is 0.267 e. The van der Waals surface area contributed by atoms with Gasteiger partial charge in [-0.2, -0.15) is 0 Å². The molecular weight excluding hydrogens is 476 g/mol. The van der Waals surface area contributed by atoms with Gasteiger partial charge in [-0.1, -0.05) is 92.2 Å². The van der Waals surface area contributed by atoms with E-state index in [-0.39, 0.29) is 11.9 Å². The minimum atomic E-state index is -0.152. The molecule has 0 spiro atoms. The van der Waals surface area contributed by atoms with Crippen molar-refractivity contribution in [1.82, 2.24) is 4.90 Å². The van der Waals surface area contributed by atoms with Crippen molar-refractivity contribution in [2.24, 2.45) is 4.99 Å². The quantitative estimate of drug-likeness (QED) is 0.178. The summed E-state index contributed by atoms with van der Waals surface area (Å²) in [6.07, 6.45) is 4.10. The van der Waals surface area contributed by atoms with Gasteiger partial charge < -0.3 is 4.74 Å². The van der Waals surface area contributed by atoms with E-state index in [1.165, 1.54) is 11.8 Å². The van der Waals surface area contributed by atoms with E-state index >= 15 is 0 Å². The van der Waals surface area contributed by atoms with Gasteiger partial charge in [-0.15, -0.1) is 0 Å². The fraction of sp³-hybridized carbons (Fsp3) is 0.188. The van der Waals surface area contributed by atoms with Crippen LogP contribution in [0.1, 0.15) is 43.9 Å². The molecule has 0 unspecified atom stereocenters. The normalized spacial score (nSPS) is 16.6. The molecule has 0 saturated carbocycles. The van der Waals surface area contributed by atoms with E-state index in [2.05, 4.69) is 38.1 Å². The van der Waals surface area contributed by atoms with Crippen molar-refractivity contribution in [3.63, 3.8) is 0 Å². The Balaban J connectivity index is 1.54. The summed E-state index contributed by atoms with van der Waals surface area (Å²) in [5.41, 5.74) is 2.88. The zero-order valence-corrected chi connectivity index (χ0v) is 21.9. The molecule has 1 heterocycles. The molecule has 0 radical (unpaired) electrons. The first-order chi connectivity index (χ1) is 18.2. The standard InChI is InChI=1S/C32H30N2O2S/c1-3-4-21-36-29-20-19-25(27-17-11-12-18-28(27)29)22-30-31(35)34(23(2)24-13-7-5-8-14-24)32(37-30)33-26-15-9-6-10-16-26/h5-20,22-23H,3-4,21H2,1-2H3/b30-22+,33-32?/t23-/m0/s1. The number of hydrogen-bond acceptors (Lipinski definition) is 4. The van der Waals surface area contributed by atoms with E-state index in [1.54, 1.807) is 0 Å².